The molecule has 2 nitrogen and oxygen atoms in total. The van der Waals surface area contributed by atoms with E-state index >= 15 is 0 Å². The van der Waals surface area contributed by atoms with Crippen LogP contribution in [0.5, 0.6) is 0 Å². The van der Waals surface area contributed by atoms with Crippen LogP contribution in [0, 0.1) is 0 Å². The van der Waals surface area contributed by atoms with Crippen LogP contribution in [0.15, 0.2) is 0 Å². The number of thioether (sulfide) groups is 1. The number of ether oxygens (including phenoxy) is 2. The van der Waals surface area contributed by atoms with Crippen molar-refractivity contribution in [3.63, 3.8) is 0 Å². The summed E-state index contributed by atoms with van der Waals surface area (Å²) in [5.41, 5.74) is 0. The maximum absolute atomic E-state index is 5.96. The number of rotatable bonds is 15. The average molecular weight is 305 g/mol. The summed E-state index contributed by atoms with van der Waals surface area (Å²) >= 11 is 1.85. The van der Waals surface area contributed by atoms with Crippen LogP contribution in [0.4, 0.5) is 0 Å². The Labute approximate surface area is 131 Å². The molecule has 0 aromatic rings. The summed E-state index contributed by atoms with van der Waals surface area (Å²) in [6.45, 7) is 10.1. The normalized spacial score (nSPS) is 12.0. The van der Waals surface area contributed by atoms with Crippen molar-refractivity contribution in [2.24, 2.45) is 0 Å². The number of hydrogen-bond donors (Lipinski definition) is 0. The van der Waals surface area contributed by atoms with E-state index in [9.17, 15) is 0 Å². The minimum absolute atomic E-state index is 0.386. The molecule has 20 heavy (non-hydrogen) atoms. The van der Waals surface area contributed by atoms with Gasteiger partial charge in [-0.2, -0.15) is 0 Å². The molecule has 0 heterocycles. The van der Waals surface area contributed by atoms with E-state index in [1.807, 2.05) is 11.8 Å². The van der Waals surface area contributed by atoms with Crippen LogP contribution in [0.2, 0.25) is 0 Å². The molecule has 0 spiro atoms. The summed E-state index contributed by atoms with van der Waals surface area (Å²) in [4.78, 5) is 0. The molecule has 0 rings (SSSR count). The van der Waals surface area contributed by atoms with Crippen LogP contribution in [0.1, 0.15) is 85.5 Å². The second-order valence-electron chi connectivity index (χ2n) is 5.27. The Hall–Kier alpha value is 0.270. The minimum Gasteiger partial charge on any atom is -0.341 e. The van der Waals surface area contributed by atoms with Gasteiger partial charge in [-0.15, -0.1) is 0 Å². The van der Waals surface area contributed by atoms with E-state index in [-0.39, 0.29) is 5.12 Å². The van der Waals surface area contributed by atoms with Crippen LogP contribution in [-0.4, -0.2) is 24.1 Å². The van der Waals surface area contributed by atoms with E-state index in [1.165, 1.54) is 51.4 Å². The Morgan fingerprint density at radius 2 is 1.25 bits per heavy atom. The van der Waals surface area contributed by atoms with Gasteiger partial charge in [0.15, 0.2) is 0 Å². The van der Waals surface area contributed by atoms with Gasteiger partial charge >= 0.3 is 0 Å². The highest BCUT2D eigenvalue weighted by Gasteiger charge is 2.31. The third kappa shape index (κ3) is 10.1. The van der Waals surface area contributed by atoms with Gasteiger partial charge in [-0.05, 0) is 32.4 Å². The van der Waals surface area contributed by atoms with Gasteiger partial charge in [0.2, 0.25) is 5.12 Å². The van der Waals surface area contributed by atoms with Crippen molar-refractivity contribution in [3.8, 4) is 0 Å². The molecule has 122 valence electrons. The fourth-order valence-corrected chi connectivity index (χ4v) is 3.54. The third-order valence-electron chi connectivity index (χ3n) is 3.34. The standard InChI is InChI=1S/C17H36O2S/c1-5-9-10-11-12-13-14-15-17(18-7-3,19-8-4)20-16-6-2/h5-16H2,1-4H3. The van der Waals surface area contributed by atoms with Gasteiger partial charge in [0.25, 0.3) is 0 Å². The molecule has 0 aromatic carbocycles. The van der Waals surface area contributed by atoms with Gasteiger partial charge in [-0.25, -0.2) is 0 Å². The Morgan fingerprint density at radius 3 is 1.75 bits per heavy atom. The average Bonchev–Trinajstić information content (AvgIpc) is 2.45. The monoisotopic (exact) mass is 304 g/mol. The van der Waals surface area contributed by atoms with Crippen LogP contribution < -0.4 is 0 Å². The predicted molar refractivity (Wildman–Crippen MR) is 91.3 cm³/mol. The lowest BCUT2D eigenvalue weighted by Crippen LogP contribution is -2.33. The summed E-state index contributed by atoms with van der Waals surface area (Å²) in [5, 5.41) is -0.386. The first kappa shape index (κ1) is 20.3. The first-order valence-electron chi connectivity index (χ1n) is 8.66. The molecule has 0 N–H and O–H groups in total. The molecule has 0 radical (unpaired) electrons. The lowest BCUT2D eigenvalue weighted by Gasteiger charge is -2.32. The second-order valence-corrected chi connectivity index (χ2v) is 6.59. The van der Waals surface area contributed by atoms with Crippen molar-refractivity contribution in [2.75, 3.05) is 19.0 Å². The SMILES string of the molecule is CCCCCCCCCC(OCC)(OCC)SCCC. The van der Waals surface area contributed by atoms with Gasteiger partial charge in [-0.3, -0.25) is 0 Å². The van der Waals surface area contributed by atoms with E-state index in [4.69, 9.17) is 9.47 Å². The molecular weight excluding hydrogens is 268 g/mol. The topological polar surface area (TPSA) is 18.5 Å². The highest BCUT2D eigenvalue weighted by Crippen LogP contribution is 2.34. The largest absolute Gasteiger partial charge is 0.341 e. The van der Waals surface area contributed by atoms with Crippen molar-refractivity contribution < 1.29 is 9.47 Å². The van der Waals surface area contributed by atoms with Crippen molar-refractivity contribution in [1.82, 2.24) is 0 Å². The molecule has 0 fully saturated rings. The zero-order chi connectivity index (χ0) is 15.1. The highest BCUT2D eigenvalue weighted by atomic mass is 32.2. The molecule has 0 amide bonds. The quantitative estimate of drug-likeness (QED) is 0.273. The lowest BCUT2D eigenvalue weighted by atomic mass is 10.1. The molecule has 0 bridgehead atoms. The molecule has 0 saturated heterocycles. The first-order chi connectivity index (χ1) is 9.74. The van der Waals surface area contributed by atoms with E-state index in [0.29, 0.717) is 0 Å². The van der Waals surface area contributed by atoms with Crippen molar-refractivity contribution in [1.29, 1.82) is 0 Å². The lowest BCUT2D eigenvalue weighted by molar-refractivity contribution is -0.169. The maximum atomic E-state index is 5.96. The van der Waals surface area contributed by atoms with Crippen LogP contribution in [0.25, 0.3) is 0 Å². The highest BCUT2D eigenvalue weighted by molar-refractivity contribution is 8.00. The maximum Gasteiger partial charge on any atom is 0.218 e. The van der Waals surface area contributed by atoms with Gasteiger partial charge in [-0.1, -0.05) is 64.1 Å². The molecule has 3 heteroatoms. The fourth-order valence-electron chi connectivity index (χ4n) is 2.34. The molecule has 0 aliphatic rings. The third-order valence-corrected chi connectivity index (χ3v) is 4.83. The summed E-state index contributed by atoms with van der Waals surface area (Å²) < 4.78 is 11.9. The number of hydrogen-bond acceptors (Lipinski definition) is 3. The van der Waals surface area contributed by atoms with Crippen LogP contribution in [0.3, 0.4) is 0 Å². The van der Waals surface area contributed by atoms with Crippen LogP contribution >= 0.6 is 11.8 Å². The van der Waals surface area contributed by atoms with Crippen molar-refractivity contribution in [2.45, 2.75) is 90.6 Å². The molecule has 0 saturated carbocycles. The van der Waals surface area contributed by atoms with Crippen molar-refractivity contribution >= 4 is 11.8 Å². The summed E-state index contributed by atoms with van der Waals surface area (Å²) in [7, 11) is 0. The zero-order valence-electron chi connectivity index (χ0n) is 14.2. The predicted octanol–water partition coefficient (Wildman–Crippen LogP) is 6.00. The Morgan fingerprint density at radius 1 is 0.700 bits per heavy atom. The molecular formula is C17H36O2S. The summed E-state index contributed by atoms with van der Waals surface area (Å²) in [5.74, 6) is 1.11. The zero-order valence-corrected chi connectivity index (χ0v) is 15.0. The van der Waals surface area contributed by atoms with Gasteiger partial charge in [0, 0.05) is 19.6 Å². The Kier molecular flexibility index (Phi) is 14.4. The fraction of sp³-hybridized carbons (Fsp3) is 1.00. The molecule has 0 aliphatic carbocycles. The molecule has 0 unspecified atom stereocenters. The number of unbranched alkanes of at least 4 members (excludes halogenated alkanes) is 6. The first-order valence-corrected chi connectivity index (χ1v) is 9.65. The minimum atomic E-state index is -0.386. The molecule has 0 aromatic heterocycles. The van der Waals surface area contributed by atoms with Crippen LogP contribution in [-0.2, 0) is 9.47 Å². The molecule has 0 atom stereocenters. The van der Waals surface area contributed by atoms with E-state index in [1.54, 1.807) is 0 Å². The van der Waals surface area contributed by atoms with Gasteiger partial charge < -0.3 is 9.47 Å². The van der Waals surface area contributed by atoms with Crippen molar-refractivity contribution in [3.05, 3.63) is 0 Å². The second kappa shape index (κ2) is 14.2. The van der Waals surface area contributed by atoms with E-state index < -0.39 is 0 Å². The van der Waals surface area contributed by atoms with E-state index in [2.05, 4.69) is 27.7 Å². The van der Waals surface area contributed by atoms with E-state index in [0.717, 1.165) is 25.4 Å². The van der Waals surface area contributed by atoms with Gasteiger partial charge in [0.05, 0.1) is 0 Å². The Balaban J connectivity index is 3.99. The Bertz CT molecular complexity index is 191. The smallest absolute Gasteiger partial charge is 0.218 e. The molecule has 0 aliphatic heterocycles. The summed E-state index contributed by atoms with van der Waals surface area (Å²) in [6.07, 6.45) is 11.5. The van der Waals surface area contributed by atoms with Gasteiger partial charge in [0.1, 0.15) is 0 Å². The summed E-state index contributed by atoms with van der Waals surface area (Å²) in [6, 6.07) is 0.